The highest BCUT2D eigenvalue weighted by atomic mass is 35.5. The van der Waals surface area contributed by atoms with Crippen LogP contribution in [-0.4, -0.2) is 29.4 Å². The van der Waals surface area contributed by atoms with E-state index in [2.05, 4.69) is 5.10 Å². The summed E-state index contributed by atoms with van der Waals surface area (Å²) in [6.45, 7) is 1.32. The van der Waals surface area contributed by atoms with E-state index in [1.54, 1.807) is 13.3 Å². The Bertz CT molecular complexity index is 323. The molecule has 1 aromatic heterocycles. The van der Waals surface area contributed by atoms with Gasteiger partial charge in [0.1, 0.15) is 0 Å². The van der Waals surface area contributed by atoms with Crippen molar-refractivity contribution >= 4 is 29.3 Å². The number of aromatic nitrogens is 2. The highest BCUT2D eigenvalue weighted by Gasteiger charge is 2.04. The SMILES string of the molecule is COCCn1ncc(Cl)c1/C=C/CCCl. The largest absolute Gasteiger partial charge is 0.383 e. The molecule has 0 aromatic carbocycles. The van der Waals surface area contributed by atoms with Crippen LogP contribution in [0.1, 0.15) is 12.1 Å². The zero-order chi connectivity index (χ0) is 11.1. The first kappa shape index (κ1) is 12.6. The molecule has 84 valence electrons. The van der Waals surface area contributed by atoms with Crippen LogP contribution in [0.25, 0.3) is 6.08 Å². The molecular weight excluding hydrogens is 235 g/mol. The van der Waals surface area contributed by atoms with Crippen LogP contribution in [0, 0.1) is 0 Å². The standard InChI is InChI=1S/C10H14Cl2N2O/c1-15-7-6-14-10(4-2-3-5-11)9(12)8-13-14/h2,4,8H,3,5-7H2,1H3/b4-2+. The lowest BCUT2D eigenvalue weighted by molar-refractivity contribution is 0.183. The van der Waals surface area contributed by atoms with Gasteiger partial charge < -0.3 is 4.74 Å². The molecule has 0 atom stereocenters. The van der Waals surface area contributed by atoms with Crippen molar-refractivity contribution in [2.24, 2.45) is 0 Å². The first-order chi connectivity index (χ1) is 7.29. The van der Waals surface area contributed by atoms with Gasteiger partial charge in [-0.25, -0.2) is 0 Å². The molecule has 0 radical (unpaired) electrons. The molecule has 15 heavy (non-hydrogen) atoms. The Morgan fingerprint density at radius 2 is 2.40 bits per heavy atom. The van der Waals surface area contributed by atoms with Crippen LogP contribution < -0.4 is 0 Å². The molecule has 1 aromatic rings. The van der Waals surface area contributed by atoms with Crippen molar-refractivity contribution in [2.45, 2.75) is 13.0 Å². The molecule has 0 unspecified atom stereocenters. The van der Waals surface area contributed by atoms with E-state index < -0.39 is 0 Å². The van der Waals surface area contributed by atoms with E-state index in [0.717, 1.165) is 12.1 Å². The van der Waals surface area contributed by atoms with Crippen LogP contribution in [0.3, 0.4) is 0 Å². The van der Waals surface area contributed by atoms with Gasteiger partial charge in [0.15, 0.2) is 0 Å². The second-order valence-corrected chi connectivity index (χ2v) is 3.76. The van der Waals surface area contributed by atoms with Crippen LogP contribution in [0.15, 0.2) is 12.3 Å². The minimum Gasteiger partial charge on any atom is -0.383 e. The zero-order valence-electron chi connectivity index (χ0n) is 8.62. The minimum atomic E-state index is 0.611. The fourth-order valence-corrected chi connectivity index (χ4v) is 1.48. The highest BCUT2D eigenvalue weighted by Crippen LogP contribution is 2.16. The molecule has 3 nitrogen and oxygen atoms in total. The predicted molar refractivity (Wildman–Crippen MR) is 63.5 cm³/mol. The molecule has 0 bridgehead atoms. The average Bonchev–Trinajstić information content (AvgIpc) is 2.58. The maximum atomic E-state index is 5.99. The Morgan fingerprint density at radius 1 is 1.60 bits per heavy atom. The molecule has 0 N–H and O–H groups in total. The third-order valence-corrected chi connectivity index (χ3v) is 2.40. The lowest BCUT2D eigenvalue weighted by atomic mass is 10.3. The third kappa shape index (κ3) is 3.86. The van der Waals surface area contributed by atoms with Gasteiger partial charge in [-0.3, -0.25) is 4.68 Å². The van der Waals surface area contributed by atoms with Crippen molar-refractivity contribution in [1.82, 2.24) is 9.78 Å². The first-order valence-electron chi connectivity index (χ1n) is 4.72. The fraction of sp³-hybridized carbons (Fsp3) is 0.500. The van der Waals surface area contributed by atoms with Crippen molar-refractivity contribution in [3.63, 3.8) is 0 Å². The maximum Gasteiger partial charge on any atom is 0.0859 e. The summed E-state index contributed by atoms with van der Waals surface area (Å²) < 4.78 is 6.80. The summed E-state index contributed by atoms with van der Waals surface area (Å²) in [7, 11) is 1.66. The zero-order valence-corrected chi connectivity index (χ0v) is 10.1. The number of halogens is 2. The number of allylic oxidation sites excluding steroid dienone is 1. The van der Waals surface area contributed by atoms with E-state index in [4.69, 9.17) is 27.9 Å². The Balaban J connectivity index is 2.70. The van der Waals surface area contributed by atoms with Gasteiger partial charge in [0.05, 0.1) is 30.1 Å². The molecule has 0 aliphatic carbocycles. The van der Waals surface area contributed by atoms with Gasteiger partial charge in [-0.1, -0.05) is 17.7 Å². The molecule has 5 heteroatoms. The lowest BCUT2D eigenvalue weighted by Gasteiger charge is -2.03. The molecule has 0 spiro atoms. The number of hydrogen-bond acceptors (Lipinski definition) is 2. The van der Waals surface area contributed by atoms with Gasteiger partial charge in [0.25, 0.3) is 0 Å². The number of rotatable bonds is 6. The second-order valence-electron chi connectivity index (χ2n) is 2.97. The molecule has 0 aliphatic heterocycles. The fourth-order valence-electron chi connectivity index (χ4n) is 1.15. The summed E-state index contributed by atoms with van der Waals surface area (Å²) in [5.74, 6) is 0.611. The Morgan fingerprint density at radius 3 is 3.07 bits per heavy atom. The van der Waals surface area contributed by atoms with Crippen LogP contribution in [-0.2, 0) is 11.3 Å². The minimum absolute atomic E-state index is 0.611. The summed E-state index contributed by atoms with van der Waals surface area (Å²) in [6.07, 6.45) is 6.39. The van der Waals surface area contributed by atoms with Crippen LogP contribution in [0.2, 0.25) is 5.02 Å². The molecule has 0 aliphatic rings. The van der Waals surface area contributed by atoms with Gasteiger partial charge in [-0.15, -0.1) is 11.6 Å². The molecular formula is C10H14Cl2N2O. The van der Waals surface area contributed by atoms with E-state index >= 15 is 0 Å². The lowest BCUT2D eigenvalue weighted by Crippen LogP contribution is -2.07. The van der Waals surface area contributed by atoms with Gasteiger partial charge in [-0.05, 0) is 12.5 Å². The van der Waals surface area contributed by atoms with Gasteiger partial charge in [0, 0.05) is 13.0 Å². The number of nitrogens with zero attached hydrogens (tertiary/aromatic N) is 2. The highest BCUT2D eigenvalue weighted by molar-refractivity contribution is 6.31. The summed E-state index contributed by atoms with van der Waals surface area (Å²) in [5.41, 5.74) is 0.902. The van der Waals surface area contributed by atoms with Crippen LogP contribution >= 0.6 is 23.2 Å². The van der Waals surface area contributed by atoms with E-state index in [0.29, 0.717) is 24.1 Å². The molecule has 0 amide bonds. The van der Waals surface area contributed by atoms with Crippen molar-refractivity contribution in [1.29, 1.82) is 0 Å². The van der Waals surface area contributed by atoms with E-state index in [1.807, 2.05) is 16.8 Å². The Hall–Kier alpha value is -0.510. The van der Waals surface area contributed by atoms with Gasteiger partial charge >= 0.3 is 0 Å². The summed E-state index contributed by atoms with van der Waals surface area (Å²) in [6, 6.07) is 0. The normalized spacial score (nSPS) is 11.4. The molecule has 0 saturated carbocycles. The maximum absolute atomic E-state index is 5.99. The third-order valence-electron chi connectivity index (χ3n) is 1.89. The Labute approximate surface area is 99.6 Å². The number of ether oxygens (including phenoxy) is 1. The number of methoxy groups -OCH3 is 1. The smallest absolute Gasteiger partial charge is 0.0859 e. The quantitative estimate of drug-likeness (QED) is 0.725. The van der Waals surface area contributed by atoms with Crippen molar-refractivity contribution in [3.05, 3.63) is 23.0 Å². The average molecular weight is 249 g/mol. The Kier molecular flexibility index (Phi) is 5.76. The van der Waals surface area contributed by atoms with Crippen molar-refractivity contribution in [2.75, 3.05) is 19.6 Å². The predicted octanol–water partition coefficient (Wildman–Crippen LogP) is 2.83. The van der Waals surface area contributed by atoms with Crippen molar-refractivity contribution in [3.8, 4) is 0 Å². The van der Waals surface area contributed by atoms with E-state index in [9.17, 15) is 0 Å². The first-order valence-corrected chi connectivity index (χ1v) is 5.63. The van der Waals surface area contributed by atoms with Crippen LogP contribution in [0.4, 0.5) is 0 Å². The van der Waals surface area contributed by atoms with Crippen LogP contribution in [0.5, 0.6) is 0 Å². The van der Waals surface area contributed by atoms with E-state index in [1.165, 1.54) is 0 Å². The number of hydrogen-bond donors (Lipinski definition) is 0. The van der Waals surface area contributed by atoms with Gasteiger partial charge in [-0.2, -0.15) is 5.10 Å². The topological polar surface area (TPSA) is 27.1 Å². The second kappa shape index (κ2) is 6.88. The van der Waals surface area contributed by atoms with Gasteiger partial charge in [0.2, 0.25) is 0 Å². The summed E-state index contributed by atoms with van der Waals surface area (Å²) in [4.78, 5) is 0. The van der Waals surface area contributed by atoms with Crippen molar-refractivity contribution < 1.29 is 4.74 Å². The molecule has 1 heterocycles. The number of alkyl halides is 1. The monoisotopic (exact) mass is 248 g/mol. The molecule has 0 fully saturated rings. The summed E-state index contributed by atoms with van der Waals surface area (Å²) >= 11 is 11.6. The van der Waals surface area contributed by atoms with E-state index in [-0.39, 0.29) is 0 Å². The summed E-state index contributed by atoms with van der Waals surface area (Å²) in [5, 5.41) is 4.80. The molecule has 1 rings (SSSR count). The molecule has 0 saturated heterocycles.